The van der Waals surface area contributed by atoms with Crippen LogP contribution in [0.2, 0.25) is 0 Å². The van der Waals surface area contributed by atoms with E-state index in [0.29, 0.717) is 10.0 Å². The molecule has 8 heteroatoms. The molecule has 1 aliphatic rings. The number of carbonyl (C=O) groups excluding carboxylic acids is 1. The molecule has 1 N–H and O–H groups in total. The second-order valence-electron chi connectivity index (χ2n) is 5.58. The Balaban J connectivity index is 1.83. The molecule has 0 radical (unpaired) electrons. The number of carbonyl (C=O) groups is 1. The van der Waals surface area contributed by atoms with Gasteiger partial charge < -0.3 is 14.8 Å². The Bertz CT molecular complexity index is 882. The minimum Gasteiger partial charge on any atom is -0.320 e. The first-order valence-electron chi connectivity index (χ1n) is 7.24. The zero-order chi connectivity index (χ0) is 17.4. The fraction of sp³-hybridized carbons (Fsp3) is 0.250. The zero-order valence-corrected chi connectivity index (χ0v) is 14.4. The van der Waals surface area contributed by atoms with E-state index in [-0.39, 0.29) is 36.3 Å². The van der Waals surface area contributed by atoms with Crippen LogP contribution in [-0.2, 0) is 20.0 Å². The van der Waals surface area contributed by atoms with Crippen molar-refractivity contribution in [1.82, 2.24) is 9.47 Å². The highest BCUT2D eigenvalue weighted by Crippen LogP contribution is 2.25. The number of nitrogens with zero attached hydrogens (tertiary/aromatic N) is 2. The van der Waals surface area contributed by atoms with Crippen LogP contribution in [0.1, 0.15) is 11.1 Å². The summed E-state index contributed by atoms with van der Waals surface area (Å²) in [6.45, 7) is 0.201. The lowest BCUT2D eigenvalue weighted by Crippen LogP contribution is -2.40. The van der Waals surface area contributed by atoms with Gasteiger partial charge in [-0.05, 0) is 46.1 Å². The van der Waals surface area contributed by atoms with E-state index in [4.69, 9.17) is 0 Å². The van der Waals surface area contributed by atoms with Crippen molar-refractivity contribution in [3.05, 3.63) is 62.0 Å². The first-order valence-corrected chi connectivity index (χ1v) is 8.04. The smallest absolute Gasteiger partial charge is 0.320 e. The molecular weight excluding hydrogens is 384 g/mol. The van der Waals surface area contributed by atoms with Crippen LogP contribution >= 0.6 is 15.9 Å². The number of aromatic nitrogens is 1. The minimum absolute atomic E-state index is 0.0426. The Morgan fingerprint density at radius 3 is 2.62 bits per heavy atom. The molecule has 0 atom stereocenters. The Morgan fingerprint density at radius 1 is 1.25 bits per heavy atom. The SMILES string of the molecule is Cn1cc(Br)cc(NC(=O)N2CCc3c(F)ccc(F)c3C2)c1=O. The van der Waals surface area contributed by atoms with Gasteiger partial charge >= 0.3 is 6.03 Å². The first-order chi connectivity index (χ1) is 11.4. The summed E-state index contributed by atoms with van der Waals surface area (Å²) < 4.78 is 29.6. The van der Waals surface area contributed by atoms with Crippen LogP contribution in [0, 0.1) is 11.6 Å². The van der Waals surface area contributed by atoms with Crippen molar-refractivity contribution in [1.29, 1.82) is 0 Å². The van der Waals surface area contributed by atoms with Gasteiger partial charge in [-0.15, -0.1) is 0 Å². The third-order valence-electron chi connectivity index (χ3n) is 3.98. The summed E-state index contributed by atoms with van der Waals surface area (Å²) in [6.07, 6.45) is 1.80. The van der Waals surface area contributed by atoms with Crippen LogP contribution in [0.5, 0.6) is 0 Å². The maximum Gasteiger partial charge on any atom is 0.322 e. The number of nitrogens with one attached hydrogen (secondary N) is 1. The third-order valence-corrected chi connectivity index (χ3v) is 4.41. The Kier molecular flexibility index (Phi) is 4.40. The number of halogens is 3. The minimum atomic E-state index is -0.540. The molecule has 24 heavy (non-hydrogen) atoms. The van der Waals surface area contributed by atoms with Crippen molar-refractivity contribution in [3.63, 3.8) is 0 Å². The summed E-state index contributed by atoms with van der Waals surface area (Å²) in [4.78, 5) is 25.8. The molecule has 2 aromatic rings. The highest BCUT2D eigenvalue weighted by molar-refractivity contribution is 9.10. The summed E-state index contributed by atoms with van der Waals surface area (Å²) in [5.74, 6) is -1.01. The maximum atomic E-state index is 13.9. The molecule has 0 aliphatic carbocycles. The lowest BCUT2D eigenvalue weighted by Gasteiger charge is -2.29. The number of aryl methyl sites for hydroxylation is 1. The maximum absolute atomic E-state index is 13.9. The molecule has 1 aromatic carbocycles. The molecule has 0 bridgehead atoms. The van der Waals surface area contributed by atoms with Gasteiger partial charge in [0, 0.05) is 29.8 Å². The van der Waals surface area contributed by atoms with E-state index in [0.717, 1.165) is 12.1 Å². The first kappa shape index (κ1) is 16.6. The molecule has 0 spiro atoms. The molecule has 2 heterocycles. The second kappa shape index (κ2) is 6.35. The molecule has 2 amide bonds. The summed E-state index contributed by atoms with van der Waals surface area (Å²) in [7, 11) is 1.57. The van der Waals surface area contributed by atoms with Gasteiger partial charge in [-0.3, -0.25) is 4.79 Å². The third kappa shape index (κ3) is 3.06. The number of pyridine rings is 1. The van der Waals surface area contributed by atoms with Gasteiger partial charge in [0.15, 0.2) is 0 Å². The average Bonchev–Trinajstić information content (AvgIpc) is 2.55. The molecule has 0 saturated heterocycles. The van der Waals surface area contributed by atoms with Crippen LogP contribution in [0.4, 0.5) is 19.3 Å². The van der Waals surface area contributed by atoms with Crippen molar-refractivity contribution in [2.24, 2.45) is 7.05 Å². The van der Waals surface area contributed by atoms with Crippen LogP contribution in [0.3, 0.4) is 0 Å². The van der Waals surface area contributed by atoms with E-state index < -0.39 is 17.7 Å². The van der Waals surface area contributed by atoms with Gasteiger partial charge in [-0.1, -0.05) is 0 Å². The molecule has 0 fully saturated rings. The number of rotatable bonds is 1. The molecule has 0 saturated carbocycles. The van der Waals surface area contributed by atoms with E-state index in [9.17, 15) is 18.4 Å². The quantitative estimate of drug-likeness (QED) is 0.803. The number of anilines is 1. The normalized spacial score (nSPS) is 13.6. The van der Waals surface area contributed by atoms with Crippen molar-refractivity contribution in [2.45, 2.75) is 13.0 Å². The number of hydrogen-bond acceptors (Lipinski definition) is 2. The number of urea groups is 1. The van der Waals surface area contributed by atoms with Gasteiger partial charge in [-0.25, -0.2) is 13.6 Å². The van der Waals surface area contributed by atoms with Crippen LogP contribution in [0.15, 0.2) is 33.7 Å². The van der Waals surface area contributed by atoms with E-state index in [1.165, 1.54) is 15.5 Å². The van der Waals surface area contributed by atoms with Gasteiger partial charge in [0.05, 0.1) is 6.54 Å². The summed E-state index contributed by atoms with van der Waals surface area (Å²) in [5.41, 5.74) is 0.236. The zero-order valence-electron chi connectivity index (χ0n) is 12.8. The van der Waals surface area contributed by atoms with Gasteiger partial charge in [0.1, 0.15) is 17.3 Å². The number of hydrogen-bond donors (Lipinski definition) is 1. The highest BCUT2D eigenvalue weighted by Gasteiger charge is 2.25. The van der Waals surface area contributed by atoms with Crippen molar-refractivity contribution >= 4 is 27.6 Å². The topological polar surface area (TPSA) is 54.3 Å². The lowest BCUT2D eigenvalue weighted by atomic mass is 9.99. The Morgan fingerprint density at radius 2 is 1.92 bits per heavy atom. The lowest BCUT2D eigenvalue weighted by molar-refractivity contribution is 0.204. The standard InChI is InChI=1S/C16H14BrF2N3O2/c1-21-7-9(17)6-14(15(21)23)20-16(24)22-5-4-10-11(8-22)13(19)3-2-12(10)18/h2-3,6-7H,4-5,8H2,1H3,(H,20,24). The Labute approximate surface area is 145 Å². The summed E-state index contributed by atoms with van der Waals surface area (Å²) in [5, 5.41) is 2.53. The number of fused-ring (bicyclic) bond motifs is 1. The van der Waals surface area contributed by atoms with E-state index >= 15 is 0 Å². The van der Waals surface area contributed by atoms with Gasteiger partial charge in [-0.2, -0.15) is 0 Å². The summed E-state index contributed by atoms with van der Waals surface area (Å²) in [6, 6.07) is 3.12. The molecule has 1 aromatic heterocycles. The predicted octanol–water partition coefficient (Wildman–Crippen LogP) is 3.02. The second-order valence-corrected chi connectivity index (χ2v) is 6.49. The van der Waals surface area contributed by atoms with E-state index in [2.05, 4.69) is 21.2 Å². The van der Waals surface area contributed by atoms with E-state index in [1.807, 2.05) is 0 Å². The van der Waals surface area contributed by atoms with E-state index in [1.54, 1.807) is 13.2 Å². The van der Waals surface area contributed by atoms with Gasteiger partial charge in [0.25, 0.3) is 5.56 Å². The summed E-state index contributed by atoms with van der Waals surface area (Å²) >= 11 is 3.26. The van der Waals surface area contributed by atoms with Crippen molar-refractivity contribution < 1.29 is 13.6 Å². The van der Waals surface area contributed by atoms with Gasteiger partial charge in [0.2, 0.25) is 0 Å². The van der Waals surface area contributed by atoms with Crippen molar-refractivity contribution in [2.75, 3.05) is 11.9 Å². The Hall–Kier alpha value is -2.22. The largest absolute Gasteiger partial charge is 0.322 e. The fourth-order valence-corrected chi connectivity index (χ4v) is 3.26. The molecule has 126 valence electrons. The average molecular weight is 398 g/mol. The molecular formula is C16H14BrF2N3O2. The number of amides is 2. The van der Waals surface area contributed by atoms with Crippen LogP contribution < -0.4 is 10.9 Å². The number of benzene rings is 1. The molecule has 3 rings (SSSR count). The molecule has 1 aliphatic heterocycles. The van der Waals surface area contributed by atoms with Crippen LogP contribution in [0.25, 0.3) is 0 Å². The molecule has 0 unspecified atom stereocenters. The monoisotopic (exact) mass is 397 g/mol. The van der Waals surface area contributed by atoms with Crippen molar-refractivity contribution in [3.8, 4) is 0 Å². The predicted molar refractivity (Wildman–Crippen MR) is 88.9 cm³/mol. The highest BCUT2D eigenvalue weighted by atomic mass is 79.9. The molecule has 5 nitrogen and oxygen atoms in total. The fourth-order valence-electron chi connectivity index (χ4n) is 2.72. The van der Waals surface area contributed by atoms with Crippen LogP contribution in [-0.4, -0.2) is 22.0 Å².